The summed E-state index contributed by atoms with van der Waals surface area (Å²) >= 11 is 1.13. The number of carbonyl (C=O) groups excluding carboxylic acids is 2. The molecule has 0 amide bonds. The van der Waals surface area contributed by atoms with Gasteiger partial charge in [0.1, 0.15) is 0 Å². The van der Waals surface area contributed by atoms with Crippen molar-refractivity contribution in [1.29, 1.82) is 0 Å². The molecule has 1 fully saturated rings. The Morgan fingerprint density at radius 1 is 0.794 bits per heavy atom. The molecule has 34 heavy (non-hydrogen) atoms. The van der Waals surface area contributed by atoms with Crippen LogP contribution >= 0.6 is 11.8 Å². The Hall–Kier alpha value is -2.99. The van der Waals surface area contributed by atoms with E-state index in [1.807, 2.05) is 54.6 Å². The molecular weight excluding hydrogens is 444 g/mol. The lowest BCUT2D eigenvalue weighted by atomic mass is 9.99. The second-order valence-electron chi connectivity index (χ2n) is 8.68. The molecule has 5 heteroatoms. The van der Waals surface area contributed by atoms with E-state index < -0.39 is 11.0 Å². The van der Waals surface area contributed by atoms with Crippen LogP contribution < -0.4 is 0 Å². The number of allylic oxidation sites excluding steroid dienone is 1. The molecule has 0 N–H and O–H groups in total. The van der Waals surface area contributed by atoms with E-state index in [1.165, 1.54) is 6.08 Å². The van der Waals surface area contributed by atoms with Crippen molar-refractivity contribution in [2.75, 3.05) is 0 Å². The summed E-state index contributed by atoms with van der Waals surface area (Å²) in [6.07, 6.45) is 4.39. The Labute approximate surface area is 204 Å². The minimum absolute atomic E-state index is 0.0256. The van der Waals surface area contributed by atoms with Gasteiger partial charge in [0.15, 0.2) is 5.78 Å². The smallest absolute Gasteiger partial charge is 0.219 e. The minimum atomic E-state index is -1.12. The van der Waals surface area contributed by atoms with Crippen LogP contribution in [0.4, 0.5) is 0 Å². The normalized spacial score (nSPS) is 23.3. The third-order valence-corrected chi connectivity index (χ3v) is 7.47. The Kier molecular flexibility index (Phi) is 6.77. The average molecular weight is 471 g/mol. The van der Waals surface area contributed by atoms with E-state index in [0.29, 0.717) is 18.4 Å². The molecule has 1 spiro atoms. The van der Waals surface area contributed by atoms with E-state index in [4.69, 9.17) is 9.47 Å². The van der Waals surface area contributed by atoms with Gasteiger partial charge in [-0.05, 0) is 23.3 Å². The molecule has 1 aliphatic heterocycles. The summed E-state index contributed by atoms with van der Waals surface area (Å²) in [5.41, 5.74) is 2.92. The summed E-state index contributed by atoms with van der Waals surface area (Å²) in [7, 11) is 0. The zero-order chi connectivity index (χ0) is 23.4. The number of hydrogen-bond acceptors (Lipinski definition) is 5. The molecule has 2 aliphatic rings. The number of ether oxygens (including phenoxy) is 2. The summed E-state index contributed by atoms with van der Waals surface area (Å²) in [5, 5.41) is -0.553. The molecule has 0 aromatic heterocycles. The van der Waals surface area contributed by atoms with E-state index in [1.54, 1.807) is 18.2 Å². The highest BCUT2D eigenvalue weighted by atomic mass is 32.2. The Morgan fingerprint density at radius 3 is 1.82 bits per heavy atom. The van der Waals surface area contributed by atoms with Crippen molar-refractivity contribution in [3.05, 3.63) is 120 Å². The van der Waals surface area contributed by atoms with Gasteiger partial charge in [-0.1, -0.05) is 103 Å². The first kappa shape index (κ1) is 22.8. The third-order valence-electron chi connectivity index (χ3n) is 6.24. The van der Waals surface area contributed by atoms with Gasteiger partial charge in [0.2, 0.25) is 10.9 Å². The lowest BCUT2D eigenvalue weighted by Crippen LogP contribution is -2.45. The van der Waals surface area contributed by atoms with E-state index in [9.17, 15) is 9.59 Å². The molecule has 1 saturated heterocycles. The van der Waals surface area contributed by atoms with E-state index in [2.05, 4.69) is 24.3 Å². The number of carbonyl (C=O) groups is 2. The van der Waals surface area contributed by atoms with Gasteiger partial charge in [0.05, 0.1) is 17.5 Å². The van der Waals surface area contributed by atoms with E-state index >= 15 is 0 Å². The molecule has 0 bridgehead atoms. The zero-order valence-electron chi connectivity index (χ0n) is 18.7. The third kappa shape index (κ3) is 5.07. The Morgan fingerprint density at radius 2 is 1.29 bits per heavy atom. The molecule has 0 saturated carbocycles. The second-order valence-corrected chi connectivity index (χ2v) is 9.85. The summed E-state index contributed by atoms with van der Waals surface area (Å²) in [4.78, 5) is 25.4. The molecular formula is C29H26O4S. The maximum atomic E-state index is 13.0. The van der Waals surface area contributed by atoms with Crippen LogP contribution in [-0.2, 0) is 27.1 Å². The van der Waals surface area contributed by atoms with Gasteiger partial charge in [0.25, 0.3) is 0 Å². The molecule has 4 nitrogen and oxygen atoms in total. The monoisotopic (exact) mass is 470 g/mol. The lowest BCUT2D eigenvalue weighted by Gasteiger charge is -2.34. The van der Waals surface area contributed by atoms with Crippen molar-refractivity contribution in [3.63, 3.8) is 0 Å². The molecule has 3 aromatic carbocycles. The first-order valence-corrected chi connectivity index (χ1v) is 12.4. The predicted molar refractivity (Wildman–Crippen MR) is 134 cm³/mol. The fourth-order valence-electron chi connectivity index (χ4n) is 4.53. The highest BCUT2D eigenvalue weighted by Crippen LogP contribution is 2.44. The van der Waals surface area contributed by atoms with Gasteiger partial charge in [-0.3, -0.25) is 9.59 Å². The summed E-state index contributed by atoms with van der Waals surface area (Å²) in [6.45, 7) is 0. The van der Waals surface area contributed by atoms with Gasteiger partial charge in [-0.15, -0.1) is 0 Å². The SMILES string of the molecule is O=C1C=CC2(O[C@@H](Cc3ccccc3)[C@H](Cc3ccccc3)O2)C(SC(=O)c2ccccc2)C1. The summed E-state index contributed by atoms with van der Waals surface area (Å²) < 4.78 is 13.3. The molecule has 1 aliphatic carbocycles. The van der Waals surface area contributed by atoms with E-state index in [-0.39, 0.29) is 29.5 Å². The predicted octanol–water partition coefficient (Wildman–Crippen LogP) is 5.42. The number of benzene rings is 3. The van der Waals surface area contributed by atoms with Gasteiger partial charge in [-0.2, -0.15) is 0 Å². The quantitative estimate of drug-likeness (QED) is 0.481. The lowest BCUT2D eigenvalue weighted by molar-refractivity contribution is -0.146. The van der Waals surface area contributed by atoms with Crippen molar-refractivity contribution < 1.29 is 19.1 Å². The molecule has 1 unspecified atom stereocenters. The molecule has 3 atom stereocenters. The minimum Gasteiger partial charge on any atom is -0.339 e. The van der Waals surface area contributed by atoms with Crippen LogP contribution in [0.1, 0.15) is 27.9 Å². The second kappa shape index (κ2) is 10.1. The summed E-state index contributed by atoms with van der Waals surface area (Å²) in [6, 6.07) is 29.5. The van der Waals surface area contributed by atoms with Crippen molar-refractivity contribution in [1.82, 2.24) is 0 Å². The highest BCUT2D eigenvalue weighted by Gasteiger charge is 2.53. The highest BCUT2D eigenvalue weighted by molar-refractivity contribution is 8.14. The number of rotatable bonds is 6. The van der Waals surface area contributed by atoms with Crippen LogP contribution in [0.5, 0.6) is 0 Å². The number of ketones is 1. The van der Waals surface area contributed by atoms with Gasteiger partial charge in [0, 0.05) is 24.8 Å². The number of hydrogen-bond donors (Lipinski definition) is 0. The first-order valence-electron chi connectivity index (χ1n) is 11.5. The fraction of sp³-hybridized carbons (Fsp3) is 0.241. The molecule has 1 heterocycles. The topological polar surface area (TPSA) is 52.6 Å². The zero-order valence-corrected chi connectivity index (χ0v) is 19.5. The van der Waals surface area contributed by atoms with Gasteiger partial charge in [-0.25, -0.2) is 0 Å². The van der Waals surface area contributed by atoms with Crippen molar-refractivity contribution in [2.24, 2.45) is 0 Å². The van der Waals surface area contributed by atoms with Crippen molar-refractivity contribution in [3.8, 4) is 0 Å². The number of thioether (sulfide) groups is 1. The Bertz CT molecular complexity index is 1110. The molecule has 172 valence electrons. The molecule has 5 rings (SSSR count). The van der Waals surface area contributed by atoms with Crippen LogP contribution in [0.3, 0.4) is 0 Å². The summed E-state index contributed by atoms with van der Waals surface area (Å²) in [5.74, 6) is -1.15. The average Bonchev–Trinajstić information content (AvgIpc) is 3.20. The molecule has 3 aromatic rings. The van der Waals surface area contributed by atoms with Crippen LogP contribution in [0.15, 0.2) is 103 Å². The van der Waals surface area contributed by atoms with Gasteiger partial charge >= 0.3 is 0 Å². The standard InChI is InChI=1S/C29H26O4S/c30-24-16-17-29(27(20-24)34-28(31)23-14-8-3-9-15-23)32-25(18-21-10-4-1-5-11-21)26(33-29)19-22-12-6-2-7-13-22/h1-17,25-27H,18-20H2/t25-,26-,27?/m0/s1. The van der Waals surface area contributed by atoms with Crippen molar-refractivity contribution in [2.45, 2.75) is 42.5 Å². The van der Waals surface area contributed by atoms with Crippen LogP contribution in [-0.4, -0.2) is 34.1 Å². The first-order chi connectivity index (χ1) is 16.6. The maximum Gasteiger partial charge on any atom is 0.219 e. The van der Waals surface area contributed by atoms with Crippen molar-refractivity contribution >= 4 is 22.7 Å². The van der Waals surface area contributed by atoms with Gasteiger partial charge < -0.3 is 9.47 Å². The molecule has 0 radical (unpaired) electrons. The largest absolute Gasteiger partial charge is 0.339 e. The maximum absolute atomic E-state index is 13.0. The fourth-order valence-corrected chi connectivity index (χ4v) is 5.66. The van der Waals surface area contributed by atoms with Crippen LogP contribution in [0, 0.1) is 0 Å². The van der Waals surface area contributed by atoms with Crippen LogP contribution in [0.2, 0.25) is 0 Å². The Balaban J connectivity index is 1.43. The van der Waals surface area contributed by atoms with Crippen LogP contribution in [0.25, 0.3) is 0 Å². The van der Waals surface area contributed by atoms with E-state index in [0.717, 1.165) is 22.9 Å².